The molecule has 0 radical (unpaired) electrons. The number of Topliss-reactive ketones (excluding diaryl/α,β-unsaturated/α-hetero) is 1. The molecule has 0 bridgehead atoms. The fourth-order valence-electron chi connectivity index (χ4n) is 3.89. The van der Waals surface area contributed by atoms with Gasteiger partial charge in [0.05, 0.1) is 23.8 Å². The summed E-state index contributed by atoms with van der Waals surface area (Å²) in [6.07, 6.45) is 1.06. The summed E-state index contributed by atoms with van der Waals surface area (Å²) in [5.74, 6) is -0.953. The standard InChI is InChI=1S/C20H21NO6S/c1-12-6-5-9-21(12,20(25)26)18(23)10-17(28-13(2)22)19(24)15-11-27-16-8-4-3-7-14(15)16/h3-4,7-8,11-12,17H,5-6,9-10H2,1-2H3/p+1/t12-,17?,21?/m1/s1. The highest BCUT2D eigenvalue weighted by Gasteiger charge is 2.53. The number of ketones is 1. The van der Waals surface area contributed by atoms with Crippen molar-refractivity contribution in [3.63, 3.8) is 0 Å². The Bertz CT molecular complexity index is 951. The summed E-state index contributed by atoms with van der Waals surface area (Å²) in [4.78, 5) is 49.8. The summed E-state index contributed by atoms with van der Waals surface area (Å²) in [7, 11) is 0. The van der Waals surface area contributed by atoms with Crippen molar-refractivity contribution in [3.05, 3.63) is 36.1 Å². The van der Waals surface area contributed by atoms with E-state index in [4.69, 9.17) is 4.42 Å². The Balaban J connectivity index is 1.92. The predicted octanol–water partition coefficient (Wildman–Crippen LogP) is 3.86. The number of rotatable bonds is 5. The highest BCUT2D eigenvalue weighted by atomic mass is 32.2. The van der Waals surface area contributed by atoms with Gasteiger partial charge in [0.25, 0.3) is 0 Å². The van der Waals surface area contributed by atoms with Crippen LogP contribution in [0.2, 0.25) is 0 Å². The van der Waals surface area contributed by atoms with Crippen molar-refractivity contribution >= 4 is 45.6 Å². The molecule has 0 spiro atoms. The van der Waals surface area contributed by atoms with E-state index in [0.29, 0.717) is 29.4 Å². The fourth-order valence-corrected chi connectivity index (χ4v) is 4.75. The molecule has 2 unspecified atom stereocenters. The first kappa shape index (κ1) is 20.3. The van der Waals surface area contributed by atoms with Crippen molar-refractivity contribution in [2.45, 2.75) is 44.4 Å². The molecule has 1 N–H and O–H groups in total. The number of para-hydroxylation sites is 1. The molecule has 2 aromatic rings. The zero-order valence-electron chi connectivity index (χ0n) is 15.7. The summed E-state index contributed by atoms with van der Waals surface area (Å²) >= 11 is 0.759. The molecule has 1 aliphatic heterocycles. The largest absolute Gasteiger partial charge is 0.521 e. The lowest BCUT2D eigenvalue weighted by Crippen LogP contribution is -2.59. The molecular weight excluding hydrogens is 382 g/mol. The van der Waals surface area contributed by atoms with Gasteiger partial charge >= 0.3 is 12.0 Å². The number of quaternary nitrogens is 1. The monoisotopic (exact) mass is 404 g/mol. The van der Waals surface area contributed by atoms with Crippen LogP contribution in [0.3, 0.4) is 0 Å². The normalized spacial score (nSPS) is 22.9. The van der Waals surface area contributed by atoms with Crippen LogP contribution < -0.4 is 0 Å². The maximum atomic E-state index is 13.1. The van der Waals surface area contributed by atoms with Crippen LogP contribution in [0, 0.1) is 0 Å². The number of hydrogen-bond donors (Lipinski definition) is 1. The summed E-state index contributed by atoms with van der Waals surface area (Å²) in [6.45, 7) is 3.26. The van der Waals surface area contributed by atoms with Crippen molar-refractivity contribution in [1.29, 1.82) is 0 Å². The van der Waals surface area contributed by atoms with E-state index in [1.165, 1.54) is 13.2 Å². The third kappa shape index (κ3) is 3.49. The fraction of sp³-hybridized carbons (Fsp3) is 0.400. The number of carbonyl (C=O) groups excluding carboxylic acids is 3. The van der Waals surface area contributed by atoms with Gasteiger partial charge in [0.1, 0.15) is 17.9 Å². The minimum atomic E-state index is -1.21. The van der Waals surface area contributed by atoms with Crippen LogP contribution >= 0.6 is 11.8 Å². The molecule has 7 nitrogen and oxygen atoms in total. The van der Waals surface area contributed by atoms with Crippen LogP contribution in [0.15, 0.2) is 34.9 Å². The van der Waals surface area contributed by atoms with E-state index in [-0.39, 0.29) is 24.1 Å². The van der Waals surface area contributed by atoms with Gasteiger partial charge in [-0.2, -0.15) is 9.28 Å². The number of nitrogens with zero attached hydrogens (tertiary/aromatic N) is 1. The molecule has 28 heavy (non-hydrogen) atoms. The van der Waals surface area contributed by atoms with E-state index in [2.05, 4.69) is 0 Å². The van der Waals surface area contributed by atoms with Gasteiger partial charge in [-0.05, 0) is 13.0 Å². The van der Waals surface area contributed by atoms with Gasteiger partial charge in [0, 0.05) is 25.2 Å². The van der Waals surface area contributed by atoms with E-state index < -0.39 is 27.5 Å². The number of thioether (sulfide) groups is 1. The van der Waals surface area contributed by atoms with Gasteiger partial charge in [0.2, 0.25) is 0 Å². The average molecular weight is 404 g/mol. The maximum absolute atomic E-state index is 13.1. The summed E-state index contributed by atoms with van der Waals surface area (Å²) in [6, 6.07) is 6.64. The van der Waals surface area contributed by atoms with Gasteiger partial charge < -0.3 is 9.52 Å². The van der Waals surface area contributed by atoms with Crippen LogP contribution in [0.25, 0.3) is 11.0 Å². The Morgan fingerprint density at radius 1 is 1.29 bits per heavy atom. The summed E-state index contributed by atoms with van der Waals surface area (Å²) in [5, 5.41) is 9.04. The van der Waals surface area contributed by atoms with Crippen LogP contribution in [0.5, 0.6) is 0 Å². The van der Waals surface area contributed by atoms with Crippen LogP contribution in [0.4, 0.5) is 4.79 Å². The van der Waals surface area contributed by atoms with Crippen molar-refractivity contribution in [2.75, 3.05) is 6.54 Å². The van der Waals surface area contributed by atoms with E-state index in [1.54, 1.807) is 31.2 Å². The smallest absolute Gasteiger partial charge is 0.464 e. The third-order valence-electron chi connectivity index (χ3n) is 5.38. The highest BCUT2D eigenvalue weighted by molar-refractivity contribution is 8.14. The molecule has 1 aliphatic rings. The second-order valence-corrected chi connectivity index (χ2v) is 8.45. The number of furan rings is 1. The molecule has 3 rings (SSSR count). The third-order valence-corrected chi connectivity index (χ3v) is 6.38. The molecule has 1 saturated heterocycles. The van der Waals surface area contributed by atoms with Crippen LogP contribution in [-0.2, 0) is 9.59 Å². The Labute approximate surface area is 166 Å². The molecule has 1 aromatic carbocycles. The minimum absolute atomic E-state index is 0.204. The first-order valence-corrected chi connectivity index (χ1v) is 9.97. The minimum Gasteiger partial charge on any atom is -0.464 e. The number of fused-ring (bicyclic) bond motifs is 1. The topological polar surface area (TPSA) is 102 Å². The van der Waals surface area contributed by atoms with Gasteiger partial charge in [-0.15, -0.1) is 0 Å². The zero-order valence-corrected chi connectivity index (χ0v) is 16.5. The Kier molecular flexibility index (Phi) is 5.71. The second kappa shape index (κ2) is 7.89. The van der Waals surface area contributed by atoms with E-state index >= 15 is 0 Å². The van der Waals surface area contributed by atoms with Crippen molar-refractivity contribution in [3.8, 4) is 0 Å². The molecule has 1 aromatic heterocycles. The highest BCUT2D eigenvalue weighted by Crippen LogP contribution is 2.32. The molecule has 2 amide bonds. The SMILES string of the molecule is CC(=O)SC(CC(=O)[N+]1(C(=O)O)CCC[C@H]1C)C(=O)c1coc2ccccc12. The van der Waals surface area contributed by atoms with Crippen molar-refractivity contribution < 1.29 is 33.2 Å². The molecule has 8 heteroatoms. The van der Waals surface area contributed by atoms with Gasteiger partial charge in [-0.1, -0.05) is 30.0 Å². The lowest BCUT2D eigenvalue weighted by molar-refractivity contribution is -0.792. The zero-order chi connectivity index (χ0) is 20.5. The number of carbonyl (C=O) groups is 4. The van der Waals surface area contributed by atoms with Gasteiger partial charge in [-0.3, -0.25) is 9.59 Å². The number of hydrogen-bond acceptors (Lipinski definition) is 6. The molecule has 0 saturated carbocycles. The van der Waals surface area contributed by atoms with E-state index in [0.717, 1.165) is 11.8 Å². The lowest BCUT2D eigenvalue weighted by atomic mass is 10.0. The van der Waals surface area contributed by atoms with Crippen molar-refractivity contribution in [2.24, 2.45) is 0 Å². The number of imide groups is 1. The maximum Gasteiger partial charge on any atom is 0.521 e. The van der Waals surface area contributed by atoms with E-state index in [1.807, 2.05) is 0 Å². The molecule has 0 aliphatic carbocycles. The summed E-state index contributed by atoms with van der Waals surface area (Å²) < 4.78 is 4.72. The molecular formula is C20H22NO6S+. The molecule has 148 valence electrons. The molecule has 1 fully saturated rings. The average Bonchev–Trinajstić information content (AvgIpc) is 3.24. The lowest BCUT2D eigenvalue weighted by Gasteiger charge is -2.30. The Hall–Kier alpha value is -2.45. The molecule has 3 atom stereocenters. The van der Waals surface area contributed by atoms with E-state index in [9.17, 15) is 24.3 Å². The Morgan fingerprint density at radius 3 is 2.61 bits per heavy atom. The molecule has 2 heterocycles. The predicted molar refractivity (Wildman–Crippen MR) is 104 cm³/mol. The quantitative estimate of drug-likeness (QED) is 0.596. The second-order valence-electron chi connectivity index (χ2n) is 7.07. The summed E-state index contributed by atoms with van der Waals surface area (Å²) in [5.41, 5.74) is 0.824. The van der Waals surface area contributed by atoms with Crippen LogP contribution in [-0.4, -0.2) is 50.3 Å². The van der Waals surface area contributed by atoms with Gasteiger partial charge in [0.15, 0.2) is 10.9 Å². The number of likely N-dealkylation sites (tertiary alicyclic amines) is 1. The number of amides is 2. The first-order valence-electron chi connectivity index (χ1n) is 9.09. The van der Waals surface area contributed by atoms with Crippen LogP contribution in [0.1, 0.15) is 43.5 Å². The van der Waals surface area contributed by atoms with Crippen molar-refractivity contribution in [1.82, 2.24) is 0 Å². The van der Waals surface area contributed by atoms with Gasteiger partial charge in [-0.25, -0.2) is 4.79 Å². The first-order chi connectivity index (χ1) is 13.3. The Morgan fingerprint density at radius 2 is 2.00 bits per heavy atom. The number of benzene rings is 1. The number of carboxylic acid groups (broad SMARTS) is 1.